The summed E-state index contributed by atoms with van der Waals surface area (Å²) < 4.78 is 5.50. The molecule has 0 aromatic rings. The van der Waals surface area contributed by atoms with E-state index in [-0.39, 0.29) is 18.5 Å². The van der Waals surface area contributed by atoms with Crippen LogP contribution < -0.4 is 5.32 Å². The molecule has 2 atom stereocenters. The Morgan fingerprint density at radius 1 is 0.380 bits per heavy atom. The number of hydrogen-bond donors (Lipinski definition) is 3. The molecule has 6 heteroatoms. The van der Waals surface area contributed by atoms with E-state index in [0.29, 0.717) is 19.4 Å². The quantitative estimate of drug-likeness (QED) is 0.0320. The fourth-order valence-corrected chi connectivity index (χ4v) is 10.0. The van der Waals surface area contributed by atoms with Gasteiger partial charge in [0.15, 0.2) is 0 Å². The lowest BCUT2D eigenvalue weighted by atomic mass is 10.0. The lowest BCUT2D eigenvalue weighted by Crippen LogP contribution is -2.45. The smallest absolute Gasteiger partial charge is 0.305 e. The van der Waals surface area contributed by atoms with E-state index in [9.17, 15) is 19.8 Å². The number of ether oxygens (including phenoxy) is 1. The van der Waals surface area contributed by atoms with Crippen molar-refractivity contribution in [3.63, 3.8) is 0 Å². The monoisotopic (exact) mass is 1000 g/mol. The molecule has 0 heterocycles. The van der Waals surface area contributed by atoms with Crippen molar-refractivity contribution in [3.05, 3.63) is 24.3 Å². The molecule has 0 saturated carbocycles. The van der Waals surface area contributed by atoms with Gasteiger partial charge in [0.2, 0.25) is 5.91 Å². The van der Waals surface area contributed by atoms with Gasteiger partial charge in [0.25, 0.3) is 0 Å². The van der Waals surface area contributed by atoms with Crippen LogP contribution in [0.5, 0.6) is 0 Å². The Morgan fingerprint density at radius 3 is 1.00 bits per heavy atom. The number of hydrogen-bond acceptors (Lipinski definition) is 5. The Kier molecular flexibility index (Phi) is 59.5. The van der Waals surface area contributed by atoms with Crippen molar-refractivity contribution in [3.8, 4) is 0 Å². The van der Waals surface area contributed by atoms with Crippen LogP contribution in [0.25, 0.3) is 0 Å². The second kappa shape index (κ2) is 60.9. The summed E-state index contributed by atoms with van der Waals surface area (Å²) >= 11 is 0. The molecule has 0 aliphatic rings. The molecular formula is C65H125NO5. The summed E-state index contributed by atoms with van der Waals surface area (Å²) in [6.07, 6.45) is 75.1. The first-order chi connectivity index (χ1) is 35.0. The molecular weight excluding hydrogens is 875 g/mol. The van der Waals surface area contributed by atoms with Crippen molar-refractivity contribution in [2.75, 3.05) is 13.2 Å². The number of esters is 1. The number of rotatable bonds is 60. The van der Waals surface area contributed by atoms with Crippen LogP contribution >= 0.6 is 0 Å². The third-order valence-electron chi connectivity index (χ3n) is 15.0. The van der Waals surface area contributed by atoms with E-state index in [2.05, 4.69) is 31.3 Å². The molecule has 0 rings (SSSR count). The number of amides is 1. The van der Waals surface area contributed by atoms with Crippen LogP contribution in [0.1, 0.15) is 354 Å². The Morgan fingerprint density at radius 2 is 0.662 bits per heavy atom. The number of aliphatic hydroxyl groups excluding tert-OH is 2. The second-order valence-electron chi connectivity index (χ2n) is 22.1. The van der Waals surface area contributed by atoms with Crippen LogP contribution in [0, 0.1) is 0 Å². The summed E-state index contributed by atoms with van der Waals surface area (Å²) in [5, 5.41) is 23.1. The van der Waals surface area contributed by atoms with Crippen LogP contribution in [0.4, 0.5) is 0 Å². The number of nitrogens with one attached hydrogen (secondary N) is 1. The van der Waals surface area contributed by atoms with Crippen molar-refractivity contribution in [2.24, 2.45) is 0 Å². The van der Waals surface area contributed by atoms with Gasteiger partial charge in [0.05, 0.1) is 25.4 Å². The van der Waals surface area contributed by atoms with Crippen LogP contribution in [0.2, 0.25) is 0 Å². The Balaban J connectivity index is 3.40. The average molecular weight is 1000 g/mol. The molecule has 0 aromatic heterocycles. The summed E-state index contributed by atoms with van der Waals surface area (Å²) in [5.41, 5.74) is 0. The minimum absolute atomic E-state index is 0.0142. The van der Waals surface area contributed by atoms with Crippen molar-refractivity contribution in [2.45, 2.75) is 366 Å². The molecule has 2 unspecified atom stereocenters. The van der Waals surface area contributed by atoms with Crippen molar-refractivity contribution < 1.29 is 24.5 Å². The summed E-state index contributed by atoms with van der Waals surface area (Å²) in [6.45, 7) is 4.92. The maximum Gasteiger partial charge on any atom is 0.305 e. The number of carbonyl (C=O) groups excluding carboxylic acids is 2. The third kappa shape index (κ3) is 57.5. The SMILES string of the molecule is CCCCCCCCCCCCCC/C=C/C(O)C(CO)NC(=O)CCCCCCCCC/C=C\CCCCCCCCCCCCCOC(=O)CCCCCCCCCCCCCCCCCCCC. The van der Waals surface area contributed by atoms with Gasteiger partial charge in [-0.1, -0.05) is 308 Å². The van der Waals surface area contributed by atoms with E-state index in [0.717, 1.165) is 44.9 Å². The van der Waals surface area contributed by atoms with E-state index in [1.807, 2.05) is 6.08 Å². The molecule has 0 fully saturated rings. The first-order valence-electron chi connectivity index (χ1n) is 32.1. The number of allylic oxidation sites excluding steroid dienone is 3. The molecule has 6 nitrogen and oxygen atoms in total. The molecule has 0 aromatic carbocycles. The van der Waals surface area contributed by atoms with Crippen molar-refractivity contribution >= 4 is 11.9 Å². The van der Waals surface area contributed by atoms with Crippen LogP contribution in [-0.2, 0) is 14.3 Å². The van der Waals surface area contributed by atoms with Crippen molar-refractivity contribution in [1.82, 2.24) is 5.32 Å². The standard InChI is InChI=1S/C65H125NO5/c1-3-5-7-9-11-13-15-17-19-20-28-31-35-39-43-47-51-55-59-65(70)71-60-56-52-48-44-40-36-32-29-26-24-22-21-23-25-27-30-34-38-42-46-50-54-58-64(69)66-62(61-67)63(68)57-53-49-45-41-37-33-18-16-14-12-10-8-6-4-2/h23,25,53,57,62-63,67-68H,3-22,24,26-52,54-56,58-61H2,1-2H3,(H,66,69)/b25-23-,57-53+. The molecule has 0 aliphatic heterocycles. The van der Waals surface area contributed by atoms with Gasteiger partial charge >= 0.3 is 5.97 Å². The number of aliphatic hydroxyl groups is 2. The summed E-state index contributed by atoms with van der Waals surface area (Å²) in [7, 11) is 0. The molecule has 0 bridgehead atoms. The average Bonchev–Trinajstić information content (AvgIpc) is 3.37. The van der Waals surface area contributed by atoms with Crippen LogP contribution in [0.3, 0.4) is 0 Å². The zero-order valence-electron chi connectivity index (χ0n) is 48.0. The van der Waals surface area contributed by atoms with Gasteiger partial charge in [0.1, 0.15) is 0 Å². The van der Waals surface area contributed by atoms with E-state index in [4.69, 9.17) is 4.74 Å². The predicted octanol–water partition coefficient (Wildman–Crippen LogP) is 20.2. The molecule has 0 radical (unpaired) electrons. The first-order valence-corrected chi connectivity index (χ1v) is 32.1. The highest BCUT2D eigenvalue weighted by atomic mass is 16.5. The maximum absolute atomic E-state index is 12.5. The van der Waals surface area contributed by atoms with Gasteiger partial charge in [0, 0.05) is 12.8 Å². The summed E-state index contributed by atoms with van der Waals surface area (Å²) in [4.78, 5) is 24.6. The molecule has 0 saturated heterocycles. The van der Waals surface area contributed by atoms with Gasteiger partial charge < -0.3 is 20.3 Å². The Labute approximate surface area is 443 Å². The highest BCUT2D eigenvalue weighted by Gasteiger charge is 2.18. The normalized spacial score (nSPS) is 12.7. The van der Waals surface area contributed by atoms with Crippen molar-refractivity contribution in [1.29, 1.82) is 0 Å². The van der Waals surface area contributed by atoms with E-state index >= 15 is 0 Å². The third-order valence-corrected chi connectivity index (χ3v) is 15.0. The lowest BCUT2D eigenvalue weighted by molar-refractivity contribution is -0.143. The van der Waals surface area contributed by atoms with E-state index < -0.39 is 12.1 Å². The van der Waals surface area contributed by atoms with E-state index in [1.165, 1.54) is 283 Å². The molecule has 0 aliphatic carbocycles. The maximum atomic E-state index is 12.5. The number of unbranched alkanes of at least 4 members (excludes halogenated alkanes) is 47. The van der Waals surface area contributed by atoms with Gasteiger partial charge in [-0.2, -0.15) is 0 Å². The zero-order valence-corrected chi connectivity index (χ0v) is 48.0. The fraction of sp³-hybridized carbons (Fsp3) is 0.908. The fourth-order valence-electron chi connectivity index (χ4n) is 10.0. The number of carbonyl (C=O) groups is 2. The first kappa shape index (κ1) is 69.3. The zero-order chi connectivity index (χ0) is 51.4. The molecule has 1 amide bonds. The summed E-state index contributed by atoms with van der Waals surface area (Å²) in [6, 6.07) is -0.632. The molecule has 3 N–H and O–H groups in total. The van der Waals surface area contributed by atoms with Crippen LogP contribution in [-0.4, -0.2) is 47.4 Å². The topological polar surface area (TPSA) is 95.9 Å². The molecule has 420 valence electrons. The largest absolute Gasteiger partial charge is 0.466 e. The van der Waals surface area contributed by atoms with E-state index in [1.54, 1.807) is 6.08 Å². The second-order valence-corrected chi connectivity index (χ2v) is 22.1. The minimum Gasteiger partial charge on any atom is -0.466 e. The molecule has 0 spiro atoms. The van der Waals surface area contributed by atoms with Gasteiger partial charge in [-0.3, -0.25) is 9.59 Å². The molecule has 71 heavy (non-hydrogen) atoms. The van der Waals surface area contributed by atoms with Gasteiger partial charge in [-0.05, 0) is 57.8 Å². The Bertz CT molecular complexity index is 1110. The predicted molar refractivity (Wildman–Crippen MR) is 310 cm³/mol. The minimum atomic E-state index is -0.848. The summed E-state index contributed by atoms with van der Waals surface area (Å²) in [5.74, 6) is -0.0594. The van der Waals surface area contributed by atoms with Gasteiger partial charge in [-0.15, -0.1) is 0 Å². The van der Waals surface area contributed by atoms with Crippen LogP contribution in [0.15, 0.2) is 24.3 Å². The highest BCUT2D eigenvalue weighted by molar-refractivity contribution is 5.76. The Hall–Kier alpha value is -1.66. The highest BCUT2D eigenvalue weighted by Crippen LogP contribution is 2.18. The lowest BCUT2D eigenvalue weighted by Gasteiger charge is -2.20. The van der Waals surface area contributed by atoms with Gasteiger partial charge in [-0.25, -0.2) is 0 Å².